The Balaban J connectivity index is 2.15. The van der Waals surface area contributed by atoms with Crippen molar-refractivity contribution in [3.63, 3.8) is 0 Å². The normalized spacial score (nSPS) is 14.7. The largest absolute Gasteiger partial charge is 0.497 e. The highest BCUT2D eigenvalue weighted by atomic mass is 79.9. The van der Waals surface area contributed by atoms with Crippen LogP contribution in [0.2, 0.25) is 0 Å². The van der Waals surface area contributed by atoms with Gasteiger partial charge in [0.2, 0.25) is 0 Å². The van der Waals surface area contributed by atoms with E-state index in [1.165, 1.54) is 4.88 Å². The molecule has 7 heteroatoms. The highest BCUT2D eigenvalue weighted by molar-refractivity contribution is 9.10. The lowest BCUT2D eigenvalue weighted by atomic mass is 9.67. The highest BCUT2D eigenvalue weighted by Gasteiger charge is 2.43. The molecule has 0 saturated carbocycles. The Morgan fingerprint density at radius 2 is 1.74 bits per heavy atom. The van der Waals surface area contributed by atoms with Crippen LogP contribution in [-0.4, -0.2) is 31.7 Å². The quantitative estimate of drug-likeness (QED) is 0.246. The number of nitrogens with one attached hydrogen (secondary N) is 1. The number of rotatable bonds is 7. The van der Waals surface area contributed by atoms with E-state index in [9.17, 15) is 4.79 Å². The fraction of sp³-hybridized carbons (Fsp3) is 0.357. The van der Waals surface area contributed by atoms with Gasteiger partial charge in [-0.2, -0.15) is 0 Å². The van der Waals surface area contributed by atoms with Crippen molar-refractivity contribution in [1.29, 1.82) is 0 Å². The molecule has 0 spiro atoms. The van der Waals surface area contributed by atoms with Gasteiger partial charge >= 0.3 is 6.09 Å². The highest BCUT2D eigenvalue weighted by Crippen LogP contribution is 2.46. The first kappa shape index (κ1) is 27.0. The van der Waals surface area contributed by atoms with Crippen molar-refractivity contribution in [3.05, 3.63) is 86.5 Å². The molecule has 1 aromatic heterocycles. The number of halogens is 1. The van der Waals surface area contributed by atoms with Gasteiger partial charge < -0.3 is 9.47 Å². The molecule has 0 aliphatic heterocycles. The zero-order chi connectivity index (χ0) is 25.6. The summed E-state index contributed by atoms with van der Waals surface area (Å²) >= 11 is 5.48. The summed E-state index contributed by atoms with van der Waals surface area (Å²) in [5.74, 6) is 1.17. The molecule has 186 valence electrons. The van der Waals surface area contributed by atoms with Crippen molar-refractivity contribution in [2.24, 2.45) is 10.9 Å². The lowest BCUT2D eigenvalue weighted by molar-refractivity contribution is 0.0559. The minimum absolute atomic E-state index is 0.203. The number of amides is 1. The zero-order valence-electron chi connectivity index (χ0n) is 21.1. The first-order chi connectivity index (χ1) is 16.6. The van der Waals surface area contributed by atoms with Gasteiger partial charge in [-0.05, 0) is 74.9 Å². The smallest absolute Gasteiger partial charge is 0.413 e. The van der Waals surface area contributed by atoms with Crippen LogP contribution in [0.5, 0.6) is 5.75 Å². The third kappa shape index (κ3) is 6.53. The summed E-state index contributed by atoms with van der Waals surface area (Å²) in [5.41, 5.74) is 1.11. The van der Waals surface area contributed by atoms with E-state index in [2.05, 4.69) is 74.9 Å². The molecule has 5 nitrogen and oxygen atoms in total. The van der Waals surface area contributed by atoms with Crippen LogP contribution >= 0.6 is 27.3 Å². The number of benzene rings is 2. The van der Waals surface area contributed by atoms with E-state index < -0.39 is 17.1 Å². The Hall–Kier alpha value is -2.64. The lowest BCUT2D eigenvalue weighted by Crippen LogP contribution is -2.48. The second-order valence-corrected chi connectivity index (χ2v) is 11.3. The van der Waals surface area contributed by atoms with Crippen molar-refractivity contribution >= 4 is 39.2 Å². The van der Waals surface area contributed by atoms with Gasteiger partial charge in [0.1, 0.15) is 17.2 Å². The molecule has 0 fully saturated rings. The van der Waals surface area contributed by atoms with Crippen molar-refractivity contribution in [2.75, 3.05) is 14.2 Å². The van der Waals surface area contributed by atoms with Gasteiger partial charge in [0.05, 0.1) is 7.11 Å². The Bertz CT molecular complexity index is 1150. The number of hydrogen-bond donors (Lipinski definition) is 1. The number of hydrogen-bond acceptors (Lipinski definition) is 5. The standard InChI is InChI=1S/C28H33BrN2O3S/c1-27(2,3)34-26(32)31-25(30-5)22(18-19-13-15-20(33-6)16-14-19)28(4,24-12-9-17-35-24)21-10-7-8-11-23(21)29/h7-17,22H,18H2,1-6H3,(H,30,31,32). The van der Waals surface area contributed by atoms with Gasteiger partial charge in [0.15, 0.2) is 0 Å². The lowest BCUT2D eigenvalue weighted by Gasteiger charge is -2.39. The maximum Gasteiger partial charge on any atom is 0.413 e. The van der Waals surface area contributed by atoms with E-state index in [-0.39, 0.29) is 5.92 Å². The molecule has 0 bridgehead atoms. The van der Waals surface area contributed by atoms with Crippen LogP contribution in [0.1, 0.15) is 43.7 Å². The zero-order valence-corrected chi connectivity index (χ0v) is 23.5. The minimum Gasteiger partial charge on any atom is -0.497 e. The number of thiophene rings is 1. The number of amidine groups is 1. The van der Waals surface area contributed by atoms with Crippen molar-refractivity contribution in [3.8, 4) is 5.75 Å². The van der Waals surface area contributed by atoms with E-state index in [1.54, 1.807) is 25.5 Å². The van der Waals surface area contributed by atoms with Crippen LogP contribution in [0.25, 0.3) is 0 Å². The molecule has 2 unspecified atom stereocenters. The van der Waals surface area contributed by atoms with Crippen LogP contribution in [0.15, 0.2) is 75.5 Å². The van der Waals surface area contributed by atoms with Crippen molar-refractivity contribution in [1.82, 2.24) is 5.32 Å². The van der Waals surface area contributed by atoms with Gasteiger partial charge in [-0.25, -0.2) is 4.79 Å². The topological polar surface area (TPSA) is 59.9 Å². The summed E-state index contributed by atoms with van der Waals surface area (Å²) in [4.78, 5) is 18.6. The summed E-state index contributed by atoms with van der Waals surface area (Å²) in [6.45, 7) is 7.76. The van der Waals surface area contributed by atoms with E-state index in [0.717, 1.165) is 21.3 Å². The number of aliphatic imine (C=N–C) groups is 1. The predicted molar refractivity (Wildman–Crippen MR) is 148 cm³/mol. The van der Waals surface area contributed by atoms with E-state index in [4.69, 9.17) is 9.47 Å². The monoisotopic (exact) mass is 556 g/mol. The van der Waals surface area contributed by atoms with E-state index >= 15 is 0 Å². The molecule has 1 amide bonds. The molecule has 0 aliphatic carbocycles. The molecular formula is C28H33BrN2O3S. The molecule has 35 heavy (non-hydrogen) atoms. The number of carbonyl (C=O) groups excluding carboxylic acids is 1. The van der Waals surface area contributed by atoms with Gasteiger partial charge in [-0.1, -0.05) is 52.3 Å². The SMILES string of the molecule is C/N=C(\NC(=O)OC(C)(C)C)C(Cc1ccc(OC)cc1)C(C)(c1cccs1)c1ccccc1Br. The maximum absolute atomic E-state index is 12.8. The Morgan fingerprint density at radius 3 is 2.29 bits per heavy atom. The summed E-state index contributed by atoms with van der Waals surface area (Å²) in [6.07, 6.45) is 0.126. The number of methoxy groups -OCH3 is 1. The summed E-state index contributed by atoms with van der Waals surface area (Å²) in [7, 11) is 3.37. The number of ether oxygens (including phenoxy) is 2. The second kappa shape index (κ2) is 11.4. The summed E-state index contributed by atoms with van der Waals surface area (Å²) in [6, 6.07) is 20.5. The average molecular weight is 558 g/mol. The molecule has 1 heterocycles. The van der Waals surface area contributed by atoms with Crippen LogP contribution < -0.4 is 10.1 Å². The van der Waals surface area contributed by atoms with Gasteiger partial charge in [-0.3, -0.25) is 10.3 Å². The van der Waals surface area contributed by atoms with Gasteiger partial charge in [0.25, 0.3) is 0 Å². The van der Waals surface area contributed by atoms with Gasteiger partial charge in [0, 0.05) is 27.7 Å². The Labute approximate surface area is 220 Å². The average Bonchev–Trinajstić information content (AvgIpc) is 3.36. The van der Waals surface area contributed by atoms with Crippen LogP contribution in [0, 0.1) is 5.92 Å². The summed E-state index contributed by atoms with van der Waals surface area (Å²) in [5, 5.41) is 5.06. The fourth-order valence-electron chi connectivity index (χ4n) is 4.23. The molecule has 2 atom stereocenters. The molecule has 1 N–H and O–H groups in total. The number of alkyl carbamates (subject to hydrolysis) is 1. The Kier molecular flexibility index (Phi) is 8.78. The predicted octanol–water partition coefficient (Wildman–Crippen LogP) is 7.24. The van der Waals surface area contributed by atoms with Crippen LogP contribution in [0.4, 0.5) is 4.79 Å². The third-order valence-corrected chi connectivity index (χ3v) is 7.76. The summed E-state index contributed by atoms with van der Waals surface area (Å²) < 4.78 is 11.9. The Morgan fingerprint density at radius 1 is 1.06 bits per heavy atom. The van der Waals surface area contributed by atoms with Crippen molar-refractivity contribution in [2.45, 2.75) is 45.1 Å². The van der Waals surface area contributed by atoms with Crippen LogP contribution in [-0.2, 0) is 16.6 Å². The van der Waals surface area contributed by atoms with Crippen LogP contribution in [0.3, 0.4) is 0 Å². The van der Waals surface area contributed by atoms with Crippen molar-refractivity contribution < 1.29 is 14.3 Å². The minimum atomic E-state index is -0.617. The molecular weight excluding hydrogens is 524 g/mol. The molecule has 2 aromatic carbocycles. The number of nitrogens with zero attached hydrogens (tertiary/aromatic N) is 1. The third-order valence-electron chi connectivity index (χ3n) is 5.96. The first-order valence-corrected chi connectivity index (χ1v) is 13.1. The molecule has 0 aliphatic rings. The molecule has 0 saturated heterocycles. The first-order valence-electron chi connectivity index (χ1n) is 11.5. The maximum atomic E-state index is 12.8. The fourth-order valence-corrected chi connectivity index (χ4v) is 5.88. The molecule has 3 aromatic rings. The second-order valence-electron chi connectivity index (χ2n) is 9.50. The molecule has 0 radical (unpaired) electrons. The van der Waals surface area contributed by atoms with Gasteiger partial charge in [-0.15, -0.1) is 11.3 Å². The van der Waals surface area contributed by atoms with E-state index in [0.29, 0.717) is 12.3 Å². The number of carbonyl (C=O) groups is 1. The molecule has 3 rings (SSSR count). The van der Waals surface area contributed by atoms with E-state index in [1.807, 2.05) is 45.0 Å².